The first kappa shape index (κ1) is 20.7. The summed E-state index contributed by atoms with van der Waals surface area (Å²) in [6.45, 7) is 4.19. The van der Waals surface area contributed by atoms with Crippen molar-refractivity contribution in [1.29, 1.82) is 0 Å². The fourth-order valence-electron chi connectivity index (χ4n) is 4.51. The van der Waals surface area contributed by atoms with Crippen molar-refractivity contribution in [3.05, 3.63) is 76.4 Å². The zero-order valence-corrected chi connectivity index (χ0v) is 18.3. The highest BCUT2D eigenvalue weighted by Crippen LogP contribution is 2.27. The fourth-order valence-corrected chi connectivity index (χ4v) is 4.51. The Balaban J connectivity index is 1.28. The largest absolute Gasteiger partial charge is 0.494 e. The molecule has 1 amide bonds. The number of aromatic amines is 1. The molecule has 1 saturated heterocycles. The van der Waals surface area contributed by atoms with E-state index in [1.165, 1.54) is 5.56 Å². The van der Waals surface area contributed by atoms with Crippen molar-refractivity contribution in [3.8, 4) is 5.75 Å². The first-order chi connectivity index (χ1) is 15.7. The number of morpholine rings is 1. The number of amides is 1. The maximum absolute atomic E-state index is 13.1. The summed E-state index contributed by atoms with van der Waals surface area (Å²) < 4.78 is 11.5. The zero-order valence-electron chi connectivity index (χ0n) is 18.3. The Bertz CT molecular complexity index is 1090. The van der Waals surface area contributed by atoms with Crippen LogP contribution in [0.3, 0.4) is 0 Å². The van der Waals surface area contributed by atoms with E-state index in [2.05, 4.69) is 22.3 Å². The molecule has 0 radical (unpaired) electrons. The van der Waals surface area contributed by atoms with E-state index in [9.17, 15) is 4.79 Å². The summed E-state index contributed by atoms with van der Waals surface area (Å²) >= 11 is 0. The molecule has 0 saturated carbocycles. The molecular formula is C25H28N4O3. The molecule has 0 bridgehead atoms. The van der Waals surface area contributed by atoms with Crippen molar-refractivity contribution < 1.29 is 14.3 Å². The second-order valence-corrected chi connectivity index (χ2v) is 8.30. The summed E-state index contributed by atoms with van der Waals surface area (Å²) in [5.74, 6) is 0.865. The molecule has 7 heteroatoms. The van der Waals surface area contributed by atoms with Crippen LogP contribution >= 0.6 is 0 Å². The number of benzene rings is 1. The van der Waals surface area contributed by atoms with Crippen molar-refractivity contribution in [2.24, 2.45) is 0 Å². The van der Waals surface area contributed by atoms with E-state index in [4.69, 9.17) is 14.5 Å². The van der Waals surface area contributed by atoms with Gasteiger partial charge in [-0.1, -0.05) is 18.2 Å². The molecule has 7 nitrogen and oxygen atoms in total. The second kappa shape index (κ2) is 9.12. The molecule has 5 rings (SSSR count). The first-order valence-corrected chi connectivity index (χ1v) is 11.4. The van der Waals surface area contributed by atoms with Gasteiger partial charge >= 0.3 is 0 Å². The van der Waals surface area contributed by atoms with Crippen LogP contribution in [0.1, 0.15) is 58.1 Å². The number of H-pyrrole nitrogens is 1. The van der Waals surface area contributed by atoms with Gasteiger partial charge in [-0.25, -0.2) is 0 Å². The highest BCUT2D eigenvalue weighted by atomic mass is 16.5. The summed E-state index contributed by atoms with van der Waals surface area (Å²) in [6, 6.07) is 14.1. The molecule has 2 aliphatic rings. The monoisotopic (exact) mass is 432 g/mol. The van der Waals surface area contributed by atoms with Gasteiger partial charge in [0.2, 0.25) is 0 Å². The van der Waals surface area contributed by atoms with Crippen LogP contribution in [0.5, 0.6) is 5.75 Å². The Morgan fingerprint density at radius 3 is 2.94 bits per heavy atom. The van der Waals surface area contributed by atoms with Gasteiger partial charge < -0.3 is 14.4 Å². The van der Waals surface area contributed by atoms with Gasteiger partial charge in [0.05, 0.1) is 25.5 Å². The predicted octanol–water partition coefficient (Wildman–Crippen LogP) is 3.50. The van der Waals surface area contributed by atoms with Gasteiger partial charge in [-0.2, -0.15) is 5.10 Å². The van der Waals surface area contributed by atoms with Gasteiger partial charge in [-0.3, -0.25) is 14.9 Å². The minimum absolute atomic E-state index is 0.0109. The number of rotatable bonds is 6. The van der Waals surface area contributed by atoms with E-state index in [1.807, 2.05) is 42.2 Å². The molecule has 166 valence electrons. The van der Waals surface area contributed by atoms with Crippen molar-refractivity contribution in [3.63, 3.8) is 0 Å². The molecule has 1 fully saturated rings. The molecular weight excluding hydrogens is 404 g/mol. The number of fused-ring (bicyclic) bond motifs is 1. The normalized spacial score (nSPS) is 17.9. The third-order valence-corrected chi connectivity index (χ3v) is 6.14. The lowest BCUT2D eigenvalue weighted by Gasteiger charge is -2.32. The van der Waals surface area contributed by atoms with Crippen LogP contribution < -0.4 is 4.74 Å². The van der Waals surface area contributed by atoms with Crippen LogP contribution in [0.4, 0.5) is 0 Å². The van der Waals surface area contributed by atoms with E-state index in [0.29, 0.717) is 32.0 Å². The lowest BCUT2D eigenvalue weighted by Crippen LogP contribution is -2.43. The molecule has 1 aliphatic heterocycles. The lowest BCUT2D eigenvalue weighted by molar-refractivity contribution is -0.0250. The fraction of sp³-hybridized carbons (Fsp3) is 0.400. The number of aromatic nitrogens is 3. The van der Waals surface area contributed by atoms with Crippen molar-refractivity contribution in [1.82, 2.24) is 20.1 Å². The average molecular weight is 433 g/mol. The Hall–Kier alpha value is -3.19. The number of hydrogen-bond acceptors (Lipinski definition) is 5. The smallest absolute Gasteiger partial charge is 0.274 e. The summed E-state index contributed by atoms with van der Waals surface area (Å²) in [5, 5.41) is 7.35. The number of carbonyl (C=O) groups excluding carboxylic acids is 1. The summed E-state index contributed by atoms with van der Waals surface area (Å²) in [5.41, 5.74) is 5.79. The van der Waals surface area contributed by atoms with Crippen molar-refractivity contribution in [2.75, 3.05) is 26.3 Å². The molecule has 32 heavy (non-hydrogen) atoms. The van der Waals surface area contributed by atoms with Crippen LogP contribution in [0, 0.1) is 0 Å². The quantitative estimate of drug-likeness (QED) is 0.645. The van der Waals surface area contributed by atoms with Crippen LogP contribution in [-0.4, -0.2) is 52.3 Å². The summed E-state index contributed by atoms with van der Waals surface area (Å²) in [7, 11) is 0. The number of carbonyl (C=O) groups is 1. The third-order valence-electron chi connectivity index (χ3n) is 6.14. The molecule has 3 heterocycles. The SMILES string of the molecule is CCOc1ccc(Cc2cccc(C3CN(C(=O)c4n[nH]c5c4CCC5)CCO3)n2)cc1. The van der Waals surface area contributed by atoms with Crippen molar-refractivity contribution >= 4 is 5.91 Å². The van der Waals surface area contributed by atoms with Gasteiger partial charge in [0, 0.05) is 29.9 Å². The molecule has 1 atom stereocenters. The Kier molecular flexibility index (Phi) is 5.90. The van der Waals surface area contributed by atoms with E-state index in [-0.39, 0.29) is 12.0 Å². The van der Waals surface area contributed by atoms with Crippen LogP contribution in [0.25, 0.3) is 0 Å². The van der Waals surface area contributed by atoms with E-state index >= 15 is 0 Å². The standard InChI is InChI=1S/C25H28N4O3/c1-2-31-19-11-9-17(10-12-19)15-18-5-3-8-22(26-18)23-16-29(13-14-32-23)25(30)24-20-6-4-7-21(20)27-28-24/h3,5,8-12,23H,2,4,6-7,13-16H2,1H3,(H,27,28). The van der Waals surface area contributed by atoms with Gasteiger partial charge in [0.15, 0.2) is 5.69 Å². The van der Waals surface area contributed by atoms with Gasteiger partial charge in [0.25, 0.3) is 5.91 Å². The average Bonchev–Trinajstić information content (AvgIpc) is 3.45. The molecule has 1 aromatic carbocycles. The zero-order chi connectivity index (χ0) is 21.9. The lowest BCUT2D eigenvalue weighted by atomic mass is 10.1. The molecule has 1 N–H and O–H groups in total. The number of hydrogen-bond donors (Lipinski definition) is 1. The summed E-state index contributed by atoms with van der Waals surface area (Å²) in [6.07, 6.45) is 3.48. The first-order valence-electron chi connectivity index (χ1n) is 11.4. The van der Waals surface area contributed by atoms with Gasteiger partial charge in [0.1, 0.15) is 11.9 Å². The highest BCUT2D eigenvalue weighted by Gasteiger charge is 2.31. The number of nitrogens with zero attached hydrogens (tertiary/aromatic N) is 3. The molecule has 3 aromatic rings. The number of aryl methyl sites for hydroxylation is 1. The second-order valence-electron chi connectivity index (χ2n) is 8.30. The summed E-state index contributed by atoms with van der Waals surface area (Å²) in [4.78, 5) is 19.8. The number of nitrogens with one attached hydrogen (secondary N) is 1. The number of ether oxygens (including phenoxy) is 2. The predicted molar refractivity (Wildman–Crippen MR) is 120 cm³/mol. The third kappa shape index (κ3) is 4.25. The van der Waals surface area contributed by atoms with Crippen LogP contribution in [-0.2, 0) is 24.0 Å². The number of pyridine rings is 1. The molecule has 1 unspecified atom stereocenters. The molecule has 0 spiro atoms. The van der Waals surface area contributed by atoms with E-state index < -0.39 is 0 Å². The van der Waals surface area contributed by atoms with Crippen LogP contribution in [0.2, 0.25) is 0 Å². The maximum atomic E-state index is 13.1. The maximum Gasteiger partial charge on any atom is 0.274 e. The Morgan fingerprint density at radius 2 is 2.09 bits per heavy atom. The van der Waals surface area contributed by atoms with E-state index in [0.717, 1.165) is 54.1 Å². The highest BCUT2D eigenvalue weighted by molar-refractivity contribution is 5.94. The van der Waals surface area contributed by atoms with Crippen molar-refractivity contribution in [2.45, 2.75) is 38.7 Å². The Labute approximate surface area is 187 Å². The van der Waals surface area contributed by atoms with E-state index in [1.54, 1.807) is 0 Å². The van der Waals surface area contributed by atoms with Crippen LogP contribution in [0.15, 0.2) is 42.5 Å². The minimum Gasteiger partial charge on any atom is -0.494 e. The van der Waals surface area contributed by atoms with Gasteiger partial charge in [-0.05, 0) is 56.0 Å². The van der Waals surface area contributed by atoms with Gasteiger partial charge in [-0.15, -0.1) is 0 Å². The topological polar surface area (TPSA) is 80.3 Å². The molecule has 2 aromatic heterocycles. The molecule has 1 aliphatic carbocycles. The Morgan fingerprint density at radius 1 is 1.22 bits per heavy atom. The minimum atomic E-state index is -0.236.